The zero-order chi connectivity index (χ0) is 15.4. The van der Waals surface area contributed by atoms with Gasteiger partial charge in [0.15, 0.2) is 0 Å². The van der Waals surface area contributed by atoms with Crippen molar-refractivity contribution in [3.8, 4) is 0 Å². The van der Waals surface area contributed by atoms with E-state index in [4.69, 9.17) is 9.63 Å². The second-order valence-electron chi connectivity index (χ2n) is 4.12. The minimum Gasteiger partial charge on any atom is -0.478 e. The van der Waals surface area contributed by atoms with Gasteiger partial charge in [-0.3, -0.25) is 10.1 Å². The molecule has 1 heterocycles. The van der Waals surface area contributed by atoms with E-state index in [1.54, 1.807) is 25.1 Å². The molecule has 6 nitrogen and oxygen atoms in total. The second kappa shape index (κ2) is 6.77. The number of amides is 1. The lowest BCUT2D eigenvalue weighted by atomic mass is 10.2. The van der Waals surface area contributed by atoms with Gasteiger partial charge in [-0.15, -0.1) is 11.8 Å². The summed E-state index contributed by atoms with van der Waals surface area (Å²) < 4.78 is 5.38. The van der Waals surface area contributed by atoms with Crippen LogP contribution >= 0.6 is 27.7 Å². The van der Waals surface area contributed by atoms with E-state index in [-0.39, 0.29) is 17.2 Å². The maximum atomic E-state index is 11.7. The largest absolute Gasteiger partial charge is 0.478 e. The molecule has 0 spiro atoms. The van der Waals surface area contributed by atoms with Crippen molar-refractivity contribution >= 4 is 45.5 Å². The minimum atomic E-state index is -1.02. The highest BCUT2D eigenvalue weighted by Gasteiger charge is 2.11. The van der Waals surface area contributed by atoms with Gasteiger partial charge in [0.2, 0.25) is 11.8 Å². The average Bonchev–Trinajstić information content (AvgIpc) is 2.82. The summed E-state index contributed by atoms with van der Waals surface area (Å²) in [5, 5.41) is 15.3. The summed E-state index contributed by atoms with van der Waals surface area (Å²) in [6.45, 7) is 1.75. The van der Waals surface area contributed by atoms with Crippen molar-refractivity contribution in [3.63, 3.8) is 0 Å². The number of carboxylic acids is 1. The molecule has 0 aliphatic heterocycles. The molecule has 0 fully saturated rings. The third kappa shape index (κ3) is 4.33. The van der Waals surface area contributed by atoms with E-state index in [1.807, 2.05) is 0 Å². The van der Waals surface area contributed by atoms with Crippen molar-refractivity contribution in [1.29, 1.82) is 0 Å². The van der Waals surface area contributed by atoms with Gasteiger partial charge in [0.25, 0.3) is 0 Å². The fraction of sp³-hybridized carbons (Fsp3) is 0.154. The van der Waals surface area contributed by atoms with Crippen LogP contribution in [-0.4, -0.2) is 27.9 Å². The Morgan fingerprint density at radius 3 is 2.81 bits per heavy atom. The summed E-state index contributed by atoms with van der Waals surface area (Å²) in [5.74, 6) is -0.845. The molecule has 0 bridgehead atoms. The standard InChI is InChI=1S/C13H11BrN2O4S/c1-7-4-12(20-16-7)15-11(17)6-21-8-2-3-10(14)9(5-8)13(18)19/h2-5H,6H2,1H3,(H,15,17)(H,18,19). The number of nitrogens with one attached hydrogen (secondary N) is 1. The molecule has 110 valence electrons. The Balaban J connectivity index is 1.95. The van der Waals surface area contributed by atoms with E-state index in [0.717, 1.165) is 0 Å². The van der Waals surface area contributed by atoms with Crippen LogP contribution in [0.5, 0.6) is 0 Å². The first-order valence-electron chi connectivity index (χ1n) is 5.84. The van der Waals surface area contributed by atoms with Crippen LogP contribution in [0, 0.1) is 6.92 Å². The molecule has 0 atom stereocenters. The molecular weight excluding hydrogens is 360 g/mol. The fourth-order valence-corrected chi connectivity index (χ4v) is 2.65. The molecule has 0 aliphatic rings. The number of nitrogens with zero attached hydrogens (tertiary/aromatic N) is 1. The van der Waals surface area contributed by atoms with Crippen molar-refractivity contribution in [1.82, 2.24) is 5.16 Å². The molecule has 0 radical (unpaired) electrons. The van der Waals surface area contributed by atoms with Crippen molar-refractivity contribution in [2.75, 3.05) is 11.1 Å². The van der Waals surface area contributed by atoms with Gasteiger partial charge >= 0.3 is 5.97 Å². The third-order valence-electron chi connectivity index (χ3n) is 2.43. The van der Waals surface area contributed by atoms with Gasteiger partial charge in [0, 0.05) is 15.4 Å². The van der Waals surface area contributed by atoms with Crippen molar-refractivity contribution in [2.24, 2.45) is 0 Å². The average molecular weight is 371 g/mol. The van der Waals surface area contributed by atoms with Crippen LogP contribution in [0.2, 0.25) is 0 Å². The number of benzene rings is 1. The normalized spacial score (nSPS) is 10.4. The molecule has 2 aromatic rings. The number of carbonyl (C=O) groups is 2. The van der Waals surface area contributed by atoms with Gasteiger partial charge in [-0.2, -0.15) is 0 Å². The van der Waals surface area contributed by atoms with Crippen LogP contribution in [0.3, 0.4) is 0 Å². The molecule has 0 aliphatic carbocycles. The first-order chi connectivity index (χ1) is 9.95. The molecule has 1 aromatic carbocycles. The van der Waals surface area contributed by atoms with Gasteiger partial charge in [-0.05, 0) is 41.1 Å². The van der Waals surface area contributed by atoms with Crippen LogP contribution < -0.4 is 5.32 Å². The Morgan fingerprint density at radius 1 is 1.43 bits per heavy atom. The van der Waals surface area contributed by atoms with Gasteiger partial charge in [0.05, 0.1) is 17.0 Å². The lowest BCUT2D eigenvalue weighted by Gasteiger charge is -2.04. The minimum absolute atomic E-state index is 0.139. The molecule has 0 saturated carbocycles. The number of carboxylic acid groups (broad SMARTS) is 1. The van der Waals surface area contributed by atoms with Crippen LogP contribution in [0.4, 0.5) is 5.88 Å². The summed E-state index contributed by atoms with van der Waals surface area (Å²) in [5.41, 5.74) is 0.836. The lowest BCUT2D eigenvalue weighted by Crippen LogP contribution is -2.13. The maximum absolute atomic E-state index is 11.7. The van der Waals surface area contributed by atoms with Crippen LogP contribution in [-0.2, 0) is 4.79 Å². The number of aromatic nitrogens is 1. The van der Waals surface area contributed by atoms with E-state index in [9.17, 15) is 9.59 Å². The molecule has 2 N–H and O–H groups in total. The Morgan fingerprint density at radius 2 is 2.19 bits per heavy atom. The topological polar surface area (TPSA) is 92.4 Å². The number of carbonyl (C=O) groups excluding carboxylic acids is 1. The number of halogens is 1. The van der Waals surface area contributed by atoms with Gasteiger partial charge < -0.3 is 9.63 Å². The van der Waals surface area contributed by atoms with Crippen molar-refractivity contribution in [2.45, 2.75) is 11.8 Å². The summed E-state index contributed by atoms with van der Waals surface area (Å²) in [6, 6.07) is 6.52. The molecule has 0 unspecified atom stereocenters. The van der Waals surface area contributed by atoms with E-state index in [1.165, 1.54) is 17.8 Å². The second-order valence-corrected chi connectivity index (χ2v) is 6.02. The monoisotopic (exact) mass is 370 g/mol. The molecule has 21 heavy (non-hydrogen) atoms. The van der Waals surface area contributed by atoms with Gasteiger partial charge in [-0.1, -0.05) is 5.16 Å². The predicted molar refractivity (Wildman–Crippen MR) is 81.7 cm³/mol. The quantitative estimate of drug-likeness (QED) is 0.785. The highest BCUT2D eigenvalue weighted by atomic mass is 79.9. The number of hydrogen-bond acceptors (Lipinski definition) is 5. The number of rotatable bonds is 5. The van der Waals surface area contributed by atoms with Crippen molar-refractivity contribution in [3.05, 3.63) is 40.0 Å². The fourth-order valence-electron chi connectivity index (χ4n) is 1.50. The number of hydrogen-bond donors (Lipinski definition) is 2. The zero-order valence-electron chi connectivity index (χ0n) is 10.9. The number of aryl methyl sites for hydroxylation is 1. The predicted octanol–water partition coefficient (Wildman–Crippen LogP) is 3.17. The number of aromatic carboxylic acids is 1. The van der Waals surface area contributed by atoms with E-state index < -0.39 is 5.97 Å². The van der Waals surface area contributed by atoms with E-state index in [0.29, 0.717) is 20.9 Å². The van der Waals surface area contributed by atoms with Crippen LogP contribution in [0.15, 0.2) is 38.2 Å². The highest BCUT2D eigenvalue weighted by molar-refractivity contribution is 9.10. The summed E-state index contributed by atoms with van der Waals surface area (Å²) in [7, 11) is 0. The van der Waals surface area contributed by atoms with Crippen molar-refractivity contribution < 1.29 is 19.2 Å². The molecular formula is C13H11BrN2O4S. The summed E-state index contributed by atoms with van der Waals surface area (Å²) >= 11 is 4.41. The smallest absolute Gasteiger partial charge is 0.336 e. The first-order valence-corrected chi connectivity index (χ1v) is 7.62. The molecule has 0 saturated heterocycles. The van der Waals surface area contributed by atoms with E-state index in [2.05, 4.69) is 26.4 Å². The molecule has 1 aromatic heterocycles. The first kappa shape index (κ1) is 15.6. The Kier molecular flexibility index (Phi) is 5.03. The summed E-state index contributed by atoms with van der Waals surface area (Å²) in [6.07, 6.45) is 0. The highest BCUT2D eigenvalue weighted by Crippen LogP contribution is 2.25. The SMILES string of the molecule is Cc1cc(NC(=O)CSc2ccc(Br)c(C(=O)O)c2)on1. The zero-order valence-corrected chi connectivity index (χ0v) is 13.3. The lowest BCUT2D eigenvalue weighted by molar-refractivity contribution is -0.113. The Bertz CT molecular complexity index is 687. The van der Waals surface area contributed by atoms with Gasteiger partial charge in [0.1, 0.15) is 0 Å². The molecule has 8 heteroatoms. The van der Waals surface area contributed by atoms with Crippen LogP contribution in [0.25, 0.3) is 0 Å². The Labute approximate surface area is 133 Å². The number of anilines is 1. The summed E-state index contributed by atoms with van der Waals surface area (Å²) in [4.78, 5) is 23.4. The molecule has 1 amide bonds. The number of thioether (sulfide) groups is 1. The van der Waals surface area contributed by atoms with Gasteiger partial charge in [-0.25, -0.2) is 4.79 Å². The van der Waals surface area contributed by atoms with E-state index >= 15 is 0 Å². The maximum Gasteiger partial charge on any atom is 0.336 e. The third-order valence-corrected chi connectivity index (χ3v) is 4.11. The Hall–Kier alpha value is -1.80. The van der Waals surface area contributed by atoms with Crippen LogP contribution in [0.1, 0.15) is 16.1 Å². The molecule has 2 rings (SSSR count).